The zero-order valence-corrected chi connectivity index (χ0v) is 7.91. The van der Waals surface area contributed by atoms with Crippen LogP contribution in [0.2, 0.25) is 0 Å². The minimum atomic E-state index is 1.36. The first kappa shape index (κ1) is 12.3. The second-order valence-electron chi connectivity index (χ2n) is 1.71. The molecule has 0 aliphatic carbocycles. The van der Waals surface area contributed by atoms with Crippen molar-refractivity contribution >= 4 is 0 Å². The second kappa shape index (κ2) is 38.6. The van der Waals surface area contributed by atoms with Crippen molar-refractivity contribution in [2.75, 3.05) is 0 Å². The SMILES string of the molecule is CC.CCCCCC.[3H]C#C. The predicted molar refractivity (Wildman–Crippen MR) is 51.1 cm³/mol. The van der Waals surface area contributed by atoms with Crippen molar-refractivity contribution in [1.82, 2.24) is 0 Å². The van der Waals surface area contributed by atoms with Crippen LogP contribution in [0, 0.1) is 12.8 Å². The van der Waals surface area contributed by atoms with Crippen molar-refractivity contribution in [2.24, 2.45) is 0 Å². The first-order chi connectivity index (χ1) is 5.33. The average Bonchev–Trinajstić information content (AvgIpc) is 2.06. The van der Waals surface area contributed by atoms with Gasteiger partial charge in [0.25, 0.3) is 0 Å². The van der Waals surface area contributed by atoms with Gasteiger partial charge in [0.15, 0.2) is 0 Å². The minimum absolute atomic E-state index is 1.36. The van der Waals surface area contributed by atoms with Crippen LogP contribution in [0.25, 0.3) is 0 Å². The van der Waals surface area contributed by atoms with E-state index in [4.69, 9.17) is 1.37 Å². The number of terminal acetylenes is 1. The molecule has 0 rings (SSSR count). The summed E-state index contributed by atoms with van der Waals surface area (Å²) in [6.07, 6.45) is 11.3. The smallest absolute Gasteiger partial charge is 0.124 e. The van der Waals surface area contributed by atoms with E-state index in [9.17, 15) is 0 Å². The maximum Gasteiger partial charge on any atom is 0.124 e. The Morgan fingerprint density at radius 1 is 1.10 bits per heavy atom. The summed E-state index contributed by atoms with van der Waals surface area (Å²) >= 11 is 0. The molecular formula is C10H22. The van der Waals surface area contributed by atoms with Crippen molar-refractivity contribution in [3.63, 3.8) is 0 Å². The van der Waals surface area contributed by atoms with Crippen molar-refractivity contribution in [1.29, 1.82) is 0 Å². The maximum atomic E-state index is 5.74. The van der Waals surface area contributed by atoms with E-state index >= 15 is 0 Å². The third-order valence-corrected chi connectivity index (χ3v) is 0.957. The lowest BCUT2D eigenvalue weighted by Gasteiger charge is -1.86. The van der Waals surface area contributed by atoms with Crippen LogP contribution in [-0.4, -0.2) is 0 Å². The number of hydrogen-bond donors (Lipinski definition) is 0. The fourth-order valence-electron chi connectivity index (χ4n) is 0.500. The van der Waals surface area contributed by atoms with Crippen molar-refractivity contribution in [3.8, 4) is 12.8 Å². The molecule has 0 aliphatic rings. The van der Waals surface area contributed by atoms with Crippen LogP contribution < -0.4 is 0 Å². The molecule has 0 bridgehead atoms. The summed E-state index contributed by atoms with van der Waals surface area (Å²) in [5.41, 5.74) is 0. The second-order valence-corrected chi connectivity index (χ2v) is 1.71. The molecule has 0 aromatic rings. The van der Waals surface area contributed by atoms with Gasteiger partial charge in [-0.05, 0) is 0 Å². The Labute approximate surface area is 68.4 Å². The zero-order valence-electron chi connectivity index (χ0n) is 8.91. The van der Waals surface area contributed by atoms with Gasteiger partial charge in [-0.1, -0.05) is 53.4 Å². The summed E-state index contributed by atoms with van der Waals surface area (Å²) in [6.45, 7) is 8.46. The molecule has 0 fully saturated rings. The normalized spacial score (nSPS) is 6.90. The monoisotopic (exact) mass is 144 g/mol. The lowest BCUT2D eigenvalue weighted by molar-refractivity contribution is 0.702. The molecule has 0 unspecified atom stereocenters. The summed E-state index contributed by atoms with van der Waals surface area (Å²) in [5.74, 6) is 0. The number of rotatable bonds is 3. The Hall–Kier alpha value is -0.440. The zero-order chi connectivity index (χ0) is 9.54. The lowest BCUT2D eigenvalue weighted by atomic mass is 10.2. The third-order valence-electron chi connectivity index (χ3n) is 0.957. The molecule has 0 aromatic heterocycles. The van der Waals surface area contributed by atoms with Gasteiger partial charge in [-0.15, -0.1) is 12.8 Å². The van der Waals surface area contributed by atoms with Gasteiger partial charge >= 0.3 is 0 Å². The van der Waals surface area contributed by atoms with Crippen molar-refractivity contribution < 1.29 is 1.37 Å². The summed E-state index contributed by atoms with van der Waals surface area (Å²) in [5, 5.41) is 0. The molecule has 0 radical (unpaired) electrons. The van der Waals surface area contributed by atoms with E-state index in [0.717, 1.165) is 0 Å². The molecule has 0 nitrogen and oxygen atoms in total. The fourth-order valence-corrected chi connectivity index (χ4v) is 0.500. The van der Waals surface area contributed by atoms with Crippen LogP contribution in [0.3, 0.4) is 0 Å². The molecule has 0 aromatic carbocycles. The standard InChI is InChI=1S/C6H14.C2H6.C2H2/c1-3-5-6-4-2;2*1-2/h3-6H2,1-2H3;1-2H3;1-2H/i;;1T. The highest BCUT2D eigenvalue weighted by molar-refractivity contribution is 4.47. The van der Waals surface area contributed by atoms with Crippen LogP contribution in [0.5, 0.6) is 0 Å². The predicted octanol–water partition coefficient (Wildman–Crippen LogP) is 3.86. The number of hydrogen-bond acceptors (Lipinski definition) is 0. The largest absolute Gasteiger partial charge is 0.124 e. The summed E-state index contributed by atoms with van der Waals surface area (Å²) in [7, 11) is 0. The van der Waals surface area contributed by atoms with E-state index in [2.05, 4.69) is 20.3 Å². The molecule has 0 saturated heterocycles. The van der Waals surface area contributed by atoms with Crippen LogP contribution >= 0.6 is 0 Å². The molecule has 0 heterocycles. The van der Waals surface area contributed by atoms with Crippen LogP contribution in [0.4, 0.5) is 0 Å². The van der Waals surface area contributed by atoms with E-state index in [1.807, 2.05) is 13.8 Å². The molecule has 0 spiro atoms. The Morgan fingerprint density at radius 2 is 1.30 bits per heavy atom. The van der Waals surface area contributed by atoms with E-state index in [1.165, 1.54) is 32.1 Å². The van der Waals surface area contributed by atoms with Gasteiger partial charge < -0.3 is 0 Å². The van der Waals surface area contributed by atoms with Crippen LogP contribution in [-0.2, 0) is 0 Å². The molecule has 0 atom stereocenters. The molecule has 0 saturated carbocycles. The highest BCUT2D eigenvalue weighted by Gasteiger charge is 1.75. The lowest BCUT2D eigenvalue weighted by Crippen LogP contribution is -1.66. The van der Waals surface area contributed by atoms with Gasteiger partial charge in [0, 0.05) is 0 Å². The molecule has 0 N–H and O–H groups in total. The number of unbranched alkanes of at least 4 members (excludes halogenated alkanes) is 3. The van der Waals surface area contributed by atoms with E-state index in [-0.39, 0.29) is 0 Å². The van der Waals surface area contributed by atoms with Crippen LogP contribution in [0.15, 0.2) is 0 Å². The molecular weight excluding hydrogens is 120 g/mol. The van der Waals surface area contributed by atoms with Gasteiger partial charge in [-0.25, -0.2) is 0 Å². The summed E-state index contributed by atoms with van der Waals surface area (Å²) < 4.78 is 5.74. The fraction of sp³-hybridized carbons (Fsp3) is 0.800. The third kappa shape index (κ3) is 49.6. The first-order valence-electron chi connectivity index (χ1n) is 4.70. The van der Waals surface area contributed by atoms with Crippen molar-refractivity contribution in [2.45, 2.75) is 53.4 Å². The first-order valence-corrected chi connectivity index (χ1v) is 4.20. The van der Waals surface area contributed by atoms with E-state index in [1.54, 1.807) is 0 Å². The molecule has 0 amide bonds. The Bertz CT molecular complexity index is 57.8. The molecule has 62 valence electrons. The molecule has 0 aliphatic heterocycles. The Morgan fingerprint density at radius 3 is 1.40 bits per heavy atom. The van der Waals surface area contributed by atoms with Gasteiger partial charge in [-0.3, -0.25) is 0 Å². The van der Waals surface area contributed by atoms with E-state index < -0.39 is 0 Å². The van der Waals surface area contributed by atoms with Gasteiger partial charge in [0.2, 0.25) is 0 Å². The topological polar surface area (TPSA) is 0 Å². The quantitative estimate of drug-likeness (QED) is 0.417. The van der Waals surface area contributed by atoms with Crippen molar-refractivity contribution in [3.05, 3.63) is 0 Å². The van der Waals surface area contributed by atoms with E-state index in [0.29, 0.717) is 0 Å². The van der Waals surface area contributed by atoms with Crippen LogP contribution in [0.1, 0.15) is 54.7 Å². The Balaban J connectivity index is -0.000000109. The average molecular weight is 144 g/mol. The van der Waals surface area contributed by atoms with Gasteiger partial charge in [0.1, 0.15) is 1.37 Å². The highest BCUT2D eigenvalue weighted by atomic mass is 13.8. The highest BCUT2D eigenvalue weighted by Crippen LogP contribution is 1.95. The molecule has 10 heavy (non-hydrogen) atoms. The molecule has 0 heteroatoms. The van der Waals surface area contributed by atoms with Gasteiger partial charge in [-0.2, -0.15) is 0 Å². The minimum Gasteiger partial charge on any atom is -0.124 e. The summed E-state index contributed by atoms with van der Waals surface area (Å²) in [6, 6.07) is 0. The maximum absolute atomic E-state index is 5.74. The summed E-state index contributed by atoms with van der Waals surface area (Å²) in [4.78, 5) is 0. The Kier molecular flexibility index (Phi) is 47.3. The van der Waals surface area contributed by atoms with Gasteiger partial charge in [0.05, 0.1) is 0 Å².